The third-order valence-corrected chi connectivity index (χ3v) is 3.56. The SMILES string of the molecule is Cc1ccc(N(C)c2ccc(CCl)cc2Cl)cc1. The van der Waals surface area contributed by atoms with Crippen molar-refractivity contribution >= 4 is 34.6 Å². The molecule has 1 nitrogen and oxygen atoms in total. The van der Waals surface area contributed by atoms with E-state index in [1.54, 1.807) is 0 Å². The van der Waals surface area contributed by atoms with E-state index in [4.69, 9.17) is 23.2 Å². The monoisotopic (exact) mass is 279 g/mol. The van der Waals surface area contributed by atoms with Gasteiger partial charge in [0, 0.05) is 18.6 Å². The van der Waals surface area contributed by atoms with Crippen LogP contribution < -0.4 is 4.90 Å². The van der Waals surface area contributed by atoms with E-state index in [1.165, 1.54) is 5.56 Å². The van der Waals surface area contributed by atoms with Crippen LogP contribution in [0.2, 0.25) is 5.02 Å². The van der Waals surface area contributed by atoms with Crippen LogP contribution in [0, 0.1) is 6.92 Å². The average Bonchev–Trinajstić information content (AvgIpc) is 2.38. The van der Waals surface area contributed by atoms with Crippen molar-refractivity contribution < 1.29 is 0 Å². The summed E-state index contributed by atoms with van der Waals surface area (Å²) in [5.74, 6) is 0.480. The fourth-order valence-corrected chi connectivity index (χ4v) is 2.31. The summed E-state index contributed by atoms with van der Waals surface area (Å²) in [5, 5.41) is 0.719. The van der Waals surface area contributed by atoms with Gasteiger partial charge in [-0.05, 0) is 36.8 Å². The fourth-order valence-electron chi connectivity index (χ4n) is 1.81. The van der Waals surface area contributed by atoms with Crippen LogP contribution in [0.15, 0.2) is 42.5 Å². The normalized spacial score (nSPS) is 10.4. The van der Waals surface area contributed by atoms with Crippen LogP contribution in [0.3, 0.4) is 0 Å². The minimum Gasteiger partial charge on any atom is -0.343 e. The molecule has 18 heavy (non-hydrogen) atoms. The van der Waals surface area contributed by atoms with Gasteiger partial charge in [0.1, 0.15) is 0 Å². The lowest BCUT2D eigenvalue weighted by Crippen LogP contribution is -2.09. The summed E-state index contributed by atoms with van der Waals surface area (Å²) in [4.78, 5) is 2.07. The number of nitrogens with zero attached hydrogens (tertiary/aromatic N) is 1. The van der Waals surface area contributed by atoms with Gasteiger partial charge in [0.15, 0.2) is 0 Å². The average molecular weight is 280 g/mol. The largest absolute Gasteiger partial charge is 0.343 e. The van der Waals surface area contributed by atoms with Crippen molar-refractivity contribution in [2.45, 2.75) is 12.8 Å². The first kappa shape index (κ1) is 13.3. The van der Waals surface area contributed by atoms with Crippen molar-refractivity contribution in [3.05, 3.63) is 58.6 Å². The molecule has 0 atom stereocenters. The van der Waals surface area contributed by atoms with Gasteiger partial charge in [-0.3, -0.25) is 0 Å². The van der Waals surface area contributed by atoms with E-state index in [0.717, 1.165) is 22.0 Å². The standard InChI is InChI=1S/C15H15Cl2N/c1-11-3-6-13(7-4-11)18(2)15-8-5-12(10-16)9-14(15)17/h3-9H,10H2,1-2H3. The molecule has 2 aromatic carbocycles. The molecule has 2 aromatic rings. The molecule has 0 spiro atoms. The summed E-state index contributed by atoms with van der Waals surface area (Å²) in [6.45, 7) is 2.08. The molecule has 0 saturated heterocycles. The molecule has 0 aliphatic carbocycles. The Bertz CT molecular complexity index is 535. The Balaban J connectivity index is 2.33. The number of rotatable bonds is 3. The van der Waals surface area contributed by atoms with Crippen molar-refractivity contribution in [2.75, 3.05) is 11.9 Å². The van der Waals surface area contributed by atoms with E-state index < -0.39 is 0 Å². The maximum absolute atomic E-state index is 6.28. The van der Waals surface area contributed by atoms with Crippen LogP contribution in [0.5, 0.6) is 0 Å². The number of hydrogen-bond donors (Lipinski definition) is 0. The number of hydrogen-bond acceptors (Lipinski definition) is 1. The second kappa shape index (κ2) is 5.64. The van der Waals surface area contributed by atoms with E-state index in [2.05, 4.69) is 36.1 Å². The van der Waals surface area contributed by atoms with Crippen molar-refractivity contribution in [3.8, 4) is 0 Å². The zero-order chi connectivity index (χ0) is 13.1. The van der Waals surface area contributed by atoms with Crippen molar-refractivity contribution in [3.63, 3.8) is 0 Å². The summed E-state index contributed by atoms with van der Waals surface area (Å²) < 4.78 is 0. The van der Waals surface area contributed by atoms with Gasteiger partial charge >= 0.3 is 0 Å². The Labute approximate surface area is 118 Å². The van der Waals surface area contributed by atoms with Gasteiger partial charge in [0.05, 0.1) is 10.7 Å². The third-order valence-electron chi connectivity index (χ3n) is 2.95. The minimum absolute atomic E-state index is 0.480. The summed E-state index contributed by atoms with van der Waals surface area (Å²) in [7, 11) is 2.01. The highest BCUT2D eigenvalue weighted by Gasteiger charge is 2.08. The molecule has 3 heteroatoms. The summed E-state index contributed by atoms with van der Waals surface area (Å²) >= 11 is 12.1. The van der Waals surface area contributed by atoms with Gasteiger partial charge in [0.2, 0.25) is 0 Å². The van der Waals surface area contributed by atoms with Gasteiger partial charge < -0.3 is 4.90 Å². The van der Waals surface area contributed by atoms with Gasteiger partial charge in [-0.2, -0.15) is 0 Å². The molecule has 0 unspecified atom stereocenters. The van der Waals surface area contributed by atoms with Gasteiger partial charge in [0.25, 0.3) is 0 Å². The van der Waals surface area contributed by atoms with E-state index in [1.807, 2.05) is 25.2 Å². The highest BCUT2D eigenvalue weighted by atomic mass is 35.5. The number of alkyl halides is 1. The lowest BCUT2D eigenvalue weighted by molar-refractivity contribution is 1.20. The van der Waals surface area contributed by atoms with Crippen molar-refractivity contribution in [1.82, 2.24) is 0 Å². The second-order valence-corrected chi connectivity index (χ2v) is 4.99. The predicted molar refractivity (Wildman–Crippen MR) is 80.3 cm³/mol. The topological polar surface area (TPSA) is 3.24 Å². The molecular weight excluding hydrogens is 265 g/mol. The first-order valence-electron chi connectivity index (χ1n) is 5.76. The van der Waals surface area contributed by atoms with Gasteiger partial charge in [-0.15, -0.1) is 11.6 Å². The van der Waals surface area contributed by atoms with Gasteiger partial charge in [-0.25, -0.2) is 0 Å². The first-order chi connectivity index (χ1) is 8.61. The molecule has 2 rings (SSSR count). The van der Waals surface area contributed by atoms with Crippen molar-refractivity contribution in [2.24, 2.45) is 0 Å². The summed E-state index contributed by atoms with van der Waals surface area (Å²) in [5.41, 5.74) is 4.37. The molecule has 0 aliphatic heterocycles. The molecule has 0 bridgehead atoms. The van der Waals surface area contributed by atoms with E-state index in [9.17, 15) is 0 Å². The van der Waals surface area contributed by atoms with Crippen LogP contribution in [0.4, 0.5) is 11.4 Å². The molecular formula is C15H15Cl2N. The van der Waals surface area contributed by atoms with Crippen molar-refractivity contribution in [1.29, 1.82) is 0 Å². The number of halogens is 2. The number of anilines is 2. The van der Waals surface area contributed by atoms with Crippen LogP contribution in [-0.4, -0.2) is 7.05 Å². The fraction of sp³-hybridized carbons (Fsp3) is 0.200. The maximum atomic E-state index is 6.28. The Morgan fingerprint density at radius 3 is 2.28 bits per heavy atom. The highest BCUT2D eigenvalue weighted by molar-refractivity contribution is 6.33. The molecule has 0 amide bonds. The first-order valence-corrected chi connectivity index (χ1v) is 6.68. The molecule has 94 valence electrons. The molecule has 0 aliphatic rings. The van der Waals surface area contributed by atoms with E-state index in [-0.39, 0.29) is 0 Å². The number of benzene rings is 2. The zero-order valence-electron chi connectivity index (χ0n) is 10.5. The lowest BCUT2D eigenvalue weighted by atomic mass is 10.2. The highest BCUT2D eigenvalue weighted by Crippen LogP contribution is 2.31. The Hall–Kier alpha value is -1.18. The van der Waals surface area contributed by atoms with Gasteiger partial charge in [-0.1, -0.05) is 35.4 Å². The van der Waals surface area contributed by atoms with Crippen LogP contribution in [0.25, 0.3) is 0 Å². The Morgan fingerprint density at radius 2 is 1.72 bits per heavy atom. The predicted octanol–water partition coefficient (Wildman–Crippen LogP) is 5.16. The quantitative estimate of drug-likeness (QED) is 0.702. The van der Waals surface area contributed by atoms with Crippen LogP contribution in [0.1, 0.15) is 11.1 Å². The van der Waals surface area contributed by atoms with E-state index >= 15 is 0 Å². The zero-order valence-corrected chi connectivity index (χ0v) is 12.0. The molecule has 0 heterocycles. The van der Waals surface area contributed by atoms with E-state index in [0.29, 0.717) is 5.88 Å². The molecule has 0 aromatic heterocycles. The Kier molecular flexibility index (Phi) is 4.15. The second-order valence-electron chi connectivity index (χ2n) is 4.31. The molecule has 0 radical (unpaired) electrons. The molecule has 0 saturated carbocycles. The minimum atomic E-state index is 0.480. The maximum Gasteiger partial charge on any atom is 0.0646 e. The summed E-state index contributed by atoms with van der Waals surface area (Å²) in [6.07, 6.45) is 0. The third kappa shape index (κ3) is 2.80. The molecule has 0 N–H and O–H groups in total. The number of aryl methyl sites for hydroxylation is 1. The smallest absolute Gasteiger partial charge is 0.0646 e. The lowest BCUT2D eigenvalue weighted by Gasteiger charge is -2.21. The summed E-state index contributed by atoms with van der Waals surface area (Å²) in [6, 6.07) is 14.3. The van der Waals surface area contributed by atoms with Crippen LogP contribution in [-0.2, 0) is 5.88 Å². The molecule has 0 fully saturated rings. The van der Waals surface area contributed by atoms with Crippen LogP contribution >= 0.6 is 23.2 Å². The Morgan fingerprint density at radius 1 is 1.06 bits per heavy atom.